The molecular formula is C15H17N3O2S2. The number of amides is 2. The van der Waals surface area contributed by atoms with E-state index in [1.54, 1.807) is 27.1 Å². The molecule has 0 bridgehead atoms. The summed E-state index contributed by atoms with van der Waals surface area (Å²) in [5.41, 5.74) is 2.17. The lowest BCUT2D eigenvalue weighted by atomic mass is 10.2. The van der Waals surface area contributed by atoms with Gasteiger partial charge in [0, 0.05) is 42.9 Å². The summed E-state index contributed by atoms with van der Waals surface area (Å²) >= 11 is 3.11. The van der Waals surface area contributed by atoms with Gasteiger partial charge in [0.25, 0.3) is 5.91 Å². The van der Waals surface area contributed by atoms with Crippen molar-refractivity contribution in [2.75, 3.05) is 26.2 Å². The predicted molar refractivity (Wildman–Crippen MR) is 87.2 cm³/mol. The highest BCUT2D eigenvalue weighted by Gasteiger charge is 2.25. The van der Waals surface area contributed by atoms with Gasteiger partial charge in [-0.05, 0) is 17.9 Å². The summed E-state index contributed by atoms with van der Waals surface area (Å²) in [6, 6.07) is 4.07. The number of aryl methyl sites for hydroxylation is 1. The number of carbonyl (C=O) groups is 2. The molecule has 0 spiro atoms. The Kier molecular flexibility index (Phi) is 4.84. The lowest BCUT2D eigenvalue weighted by molar-refractivity contribution is -0.132. The summed E-state index contributed by atoms with van der Waals surface area (Å²) < 4.78 is 0. The average molecular weight is 335 g/mol. The highest BCUT2D eigenvalue weighted by Crippen LogP contribution is 2.13. The van der Waals surface area contributed by atoms with Gasteiger partial charge in [-0.25, -0.2) is 4.98 Å². The Morgan fingerprint density at radius 2 is 1.95 bits per heavy atom. The molecule has 3 rings (SSSR count). The van der Waals surface area contributed by atoms with Crippen molar-refractivity contribution in [3.63, 3.8) is 0 Å². The third-order valence-corrected chi connectivity index (χ3v) is 5.26. The molecular weight excluding hydrogens is 318 g/mol. The van der Waals surface area contributed by atoms with Crippen LogP contribution in [0.15, 0.2) is 28.4 Å². The number of piperazine rings is 1. The number of rotatable bonds is 4. The summed E-state index contributed by atoms with van der Waals surface area (Å²) in [4.78, 5) is 33.3. The topological polar surface area (TPSA) is 53.5 Å². The summed E-state index contributed by atoms with van der Waals surface area (Å²) in [7, 11) is 0. The van der Waals surface area contributed by atoms with Crippen molar-refractivity contribution in [1.29, 1.82) is 0 Å². The molecule has 0 atom stereocenters. The number of thiophene rings is 1. The van der Waals surface area contributed by atoms with Gasteiger partial charge in [-0.15, -0.1) is 22.7 Å². The fourth-order valence-electron chi connectivity index (χ4n) is 2.48. The second-order valence-electron chi connectivity index (χ2n) is 5.13. The molecule has 0 aromatic carbocycles. The molecule has 5 nitrogen and oxygen atoms in total. The van der Waals surface area contributed by atoms with E-state index in [2.05, 4.69) is 11.1 Å². The molecule has 2 aromatic heterocycles. The smallest absolute Gasteiger partial charge is 0.273 e. The molecule has 0 radical (unpaired) electrons. The lowest BCUT2D eigenvalue weighted by Crippen LogP contribution is -2.50. The van der Waals surface area contributed by atoms with Crippen LogP contribution in [0.4, 0.5) is 0 Å². The van der Waals surface area contributed by atoms with Gasteiger partial charge in [0.05, 0.1) is 5.51 Å². The quantitative estimate of drug-likeness (QED) is 0.860. The molecule has 1 aliphatic rings. The molecule has 0 N–H and O–H groups in total. The molecule has 2 aromatic rings. The van der Waals surface area contributed by atoms with Crippen LogP contribution in [0.3, 0.4) is 0 Å². The molecule has 116 valence electrons. The summed E-state index contributed by atoms with van der Waals surface area (Å²) in [6.45, 7) is 2.39. The highest BCUT2D eigenvalue weighted by molar-refractivity contribution is 7.09. The molecule has 0 saturated carbocycles. The Balaban J connectivity index is 1.47. The van der Waals surface area contributed by atoms with Gasteiger partial charge in [0.1, 0.15) is 5.69 Å². The number of nitrogens with zero attached hydrogens (tertiary/aromatic N) is 3. The van der Waals surface area contributed by atoms with E-state index in [0.29, 0.717) is 38.3 Å². The van der Waals surface area contributed by atoms with Gasteiger partial charge >= 0.3 is 0 Å². The molecule has 0 unspecified atom stereocenters. The summed E-state index contributed by atoms with van der Waals surface area (Å²) in [6.07, 6.45) is 1.34. The Hall–Kier alpha value is -1.73. The molecule has 22 heavy (non-hydrogen) atoms. The van der Waals surface area contributed by atoms with Crippen molar-refractivity contribution < 1.29 is 9.59 Å². The van der Waals surface area contributed by atoms with Crippen LogP contribution in [-0.2, 0) is 11.2 Å². The van der Waals surface area contributed by atoms with E-state index in [1.165, 1.54) is 16.2 Å². The number of hydrogen-bond acceptors (Lipinski definition) is 5. The molecule has 1 saturated heterocycles. The van der Waals surface area contributed by atoms with Gasteiger partial charge in [-0.1, -0.05) is 6.07 Å². The van der Waals surface area contributed by atoms with Crippen LogP contribution in [0, 0.1) is 0 Å². The Bertz CT molecular complexity index is 617. The van der Waals surface area contributed by atoms with E-state index in [9.17, 15) is 9.59 Å². The highest BCUT2D eigenvalue weighted by atomic mass is 32.1. The van der Waals surface area contributed by atoms with Crippen LogP contribution in [0.25, 0.3) is 0 Å². The first-order valence-corrected chi connectivity index (χ1v) is 9.04. The fourth-order valence-corrected chi connectivity index (χ4v) is 3.72. The maximum Gasteiger partial charge on any atom is 0.273 e. The van der Waals surface area contributed by atoms with Crippen LogP contribution < -0.4 is 0 Å². The van der Waals surface area contributed by atoms with E-state index < -0.39 is 0 Å². The van der Waals surface area contributed by atoms with Crippen molar-refractivity contribution in [1.82, 2.24) is 14.8 Å². The van der Waals surface area contributed by atoms with E-state index in [0.717, 1.165) is 6.42 Å². The van der Waals surface area contributed by atoms with Crippen molar-refractivity contribution in [3.05, 3.63) is 39.0 Å². The van der Waals surface area contributed by atoms with Crippen molar-refractivity contribution in [2.45, 2.75) is 12.8 Å². The maximum absolute atomic E-state index is 12.2. The lowest BCUT2D eigenvalue weighted by Gasteiger charge is -2.34. The van der Waals surface area contributed by atoms with Gasteiger partial charge in [-0.2, -0.15) is 0 Å². The third-order valence-electron chi connectivity index (χ3n) is 3.74. The standard InChI is InChI=1S/C15H17N3O2S2/c19-14(4-3-12-2-1-9-22-12)17-5-7-18(8-6-17)15(20)13-10-21-11-16-13/h1-2,9-11H,3-8H2. The first kappa shape index (κ1) is 15.2. The van der Waals surface area contributed by atoms with Crippen molar-refractivity contribution in [3.8, 4) is 0 Å². The second-order valence-corrected chi connectivity index (χ2v) is 6.88. The van der Waals surface area contributed by atoms with Crippen LogP contribution in [0.1, 0.15) is 21.8 Å². The number of thiazole rings is 1. The zero-order valence-corrected chi connectivity index (χ0v) is 13.7. The van der Waals surface area contributed by atoms with Crippen LogP contribution in [0.5, 0.6) is 0 Å². The monoisotopic (exact) mass is 335 g/mol. The molecule has 3 heterocycles. The molecule has 2 amide bonds. The molecule has 0 aliphatic carbocycles. The first-order valence-electron chi connectivity index (χ1n) is 7.21. The summed E-state index contributed by atoms with van der Waals surface area (Å²) in [5.74, 6) is 0.140. The van der Waals surface area contributed by atoms with E-state index >= 15 is 0 Å². The van der Waals surface area contributed by atoms with Gasteiger partial charge in [0.15, 0.2) is 0 Å². The Morgan fingerprint density at radius 1 is 1.18 bits per heavy atom. The maximum atomic E-state index is 12.2. The second kappa shape index (κ2) is 7.02. The number of aromatic nitrogens is 1. The van der Waals surface area contributed by atoms with Crippen molar-refractivity contribution in [2.24, 2.45) is 0 Å². The summed E-state index contributed by atoms with van der Waals surface area (Å²) in [5, 5.41) is 3.80. The number of carbonyl (C=O) groups excluding carboxylic acids is 2. The molecule has 1 fully saturated rings. The third kappa shape index (κ3) is 3.53. The van der Waals surface area contributed by atoms with Crippen LogP contribution in [-0.4, -0.2) is 52.8 Å². The van der Waals surface area contributed by atoms with E-state index in [-0.39, 0.29) is 11.8 Å². The van der Waals surface area contributed by atoms with Gasteiger partial charge in [-0.3, -0.25) is 9.59 Å². The largest absolute Gasteiger partial charge is 0.339 e. The average Bonchev–Trinajstić information content (AvgIpc) is 3.25. The fraction of sp³-hybridized carbons (Fsp3) is 0.400. The van der Waals surface area contributed by atoms with E-state index in [4.69, 9.17) is 0 Å². The minimum atomic E-state index is -0.0352. The SMILES string of the molecule is O=C(CCc1cccs1)N1CCN(C(=O)c2cscn2)CC1. The zero-order chi connectivity index (χ0) is 15.4. The van der Waals surface area contributed by atoms with E-state index in [1.807, 2.05) is 16.3 Å². The van der Waals surface area contributed by atoms with Gasteiger partial charge in [0.2, 0.25) is 5.91 Å². The number of hydrogen-bond donors (Lipinski definition) is 0. The van der Waals surface area contributed by atoms with Crippen molar-refractivity contribution >= 4 is 34.5 Å². The minimum absolute atomic E-state index is 0.0352. The molecule has 7 heteroatoms. The van der Waals surface area contributed by atoms with Crippen LogP contribution >= 0.6 is 22.7 Å². The normalized spacial score (nSPS) is 15.1. The Labute approximate surface area is 137 Å². The first-order chi connectivity index (χ1) is 10.7. The predicted octanol–water partition coefficient (Wildman–Crippen LogP) is 2.12. The Morgan fingerprint density at radius 3 is 2.59 bits per heavy atom. The molecule has 1 aliphatic heterocycles. The minimum Gasteiger partial charge on any atom is -0.339 e. The van der Waals surface area contributed by atoms with Gasteiger partial charge < -0.3 is 9.80 Å². The zero-order valence-electron chi connectivity index (χ0n) is 12.1. The van der Waals surface area contributed by atoms with Crippen LogP contribution in [0.2, 0.25) is 0 Å².